The average molecular weight is 284 g/mol. The first-order valence-corrected chi connectivity index (χ1v) is 7.35. The number of ether oxygens (including phenoxy) is 1. The van der Waals surface area contributed by atoms with E-state index in [9.17, 15) is 0 Å². The lowest BCUT2D eigenvalue weighted by molar-refractivity contribution is 0.199. The predicted molar refractivity (Wildman–Crippen MR) is 87.5 cm³/mol. The fraction of sp³-hybridized carbons (Fsp3) is 0.389. The topological polar surface area (TPSA) is 34.1 Å². The molecule has 0 amide bonds. The largest absolute Gasteiger partial charge is 0.383 e. The van der Waals surface area contributed by atoms with Gasteiger partial charge >= 0.3 is 0 Å². The zero-order valence-corrected chi connectivity index (χ0v) is 13.4. The van der Waals surface area contributed by atoms with Crippen LogP contribution < -0.4 is 5.32 Å². The number of benzene rings is 1. The van der Waals surface area contributed by atoms with Gasteiger partial charge in [0.25, 0.3) is 0 Å². The minimum atomic E-state index is 0.729. The van der Waals surface area contributed by atoms with E-state index in [0.29, 0.717) is 0 Å². The highest BCUT2D eigenvalue weighted by molar-refractivity contribution is 5.61. The highest BCUT2D eigenvalue weighted by atomic mass is 16.5. The molecule has 0 aliphatic carbocycles. The molecule has 0 spiro atoms. The van der Waals surface area contributed by atoms with Crippen LogP contribution in [0.5, 0.6) is 0 Å². The van der Waals surface area contributed by atoms with E-state index in [0.717, 1.165) is 31.1 Å². The van der Waals surface area contributed by atoms with Gasteiger partial charge in [0.2, 0.25) is 0 Å². The van der Waals surface area contributed by atoms with Gasteiger partial charge in [0.1, 0.15) is 0 Å². The molecule has 21 heavy (non-hydrogen) atoms. The second-order valence-electron chi connectivity index (χ2n) is 5.41. The van der Waals surface area contributed by atoms with E-state index in [1.807, 2.05) is 0 Å². The summed E-state index contributed by atoms with van der Waals surface area (Å²) in [5, 5.41) is 3.35. The zero-order valence-electron chi connectivity index (χ0n) is 13.4. The van der Waals surface area contributed by atoms with Gasteiger partial charge in [0.05, 0.1) is 12.3 Å². The van der Waals surface area contributed by atoms with Crippen molar-refractivity contribution in [1.29, 1.82) is 0 Å². The highest BCUT2D eigenvalue weighted by Crippen LogP contribution is 2.21. The summed E-state index contributed by atoms with van der Waals surface area (Å²) in [7, 11) is 1.72. The summed E-state index contributed by atoms with van der Waals surface area (Å²) in [5.74, 6) is 0. The standard InChI is InChI=1S/C18H24N2O/c1-13-5-6-16(11-14(13)2)18-8-7-17(15(3)20-18)12-19-9-10-21-4/h5-8,11,19H,9-10,12H2,1-4H3. The van der Waals surface area contributed by atoms with E-state index in [-0.39, 0.29) is 0 Å². The molecular weight excluding hydrogens is 260 g/mol. The smallest absolute Gasteiger partial charge is 0.0705 e. The summed E-state index contributed by atoms with van der Waals surface area (Å²) in [6.45, 7) is 8.75. The molecule has 0 saturated heterocycles. The highest BCUT2D eigenvalue weighted by Gasteiger charge is 2.05. The number of pyridine rings is 1. The number of methoxy groups -OCH3 is 1. The lowest BCUT2D eigenvalue weighted by atomic mass is 10.0. The van der Waals surface area contributed by atoms with Gasteiger partial charge in [-0.1, -0.05) is 18.2 Å². The van der Waals surface area contributed by atoms with Crippen molar-refractivity contribution >= 4 is 0 Å². The van der Waals surface area contributed by atoms with Crippen molar-refractivity contribution in [2.45, 2.75) is 27.3 Å². The Hall–Kier alpha value is -1.71. The molecule has 1 aromatic carbocycles. The van der Waals surface area contributed by atoms with E-state index < -0.39 is 0 Å². The van der Waals surface area contributed by atoms with Crippen molar-refractivity contribution in [1.82, 2.24) is 10.3 Å². The van der Waals surface area contributed by atoms with Crippen LogP contribution in [-0.2, 0) is 11.3 Å². The Morgan fingerprint density at radius 2 is 1.86 bits per heavy atom. The molecule has 3 nitrogen and oxygen atoms in total. The lowest BCUT2D eigenvalue weighted by Crippen LogP contribution is -2.19. The van der Waals surface area contributed by atoms with Crippen LogP contribution in [0.2, 0.25) is 0 Å². The third-order valence-corrected chi connectivity index (χ3v) is 3.80. The lowest BCUT2D eigenvalue weighted by Gasteiger charge is -2.10. The molecule has 0 unspecified atom stereocenters. The van der Waals surface area contributed by atoms with Gasteiger partial charge in [-0.15, -0.1) is 0 Å². The zero-order chi connectivity index (χ0) is 15.2. The minimum Gasteiger partial charge on any atom is -0.383 e. The molecule has 2 rings (SSSR count). The van der Waals surface area contributed by atoms with E-state index in [4.69, 9.17) is 9.72 Å². The predicted octanol–water partition coefficient (Wildman–Crippen LogP) is 3.41. The van der Waals surface area contributed by atoms with Crippen molar-refractivity contribution in [3.63, 3.8) is 0 Å². The third kappa shape index (κ3) is 4.13. The maximum absolute atomic E-state index is 5.03. The first kappa shape index (κ1) is 15.7. The van der Waals surface area contributed by atoms with E-state index in [1.165, 1.54) is 22.3 Å². The van der Waals surface area contributed by atoms with Crippen LogP contribution >= 0.6 is 0 Å². The van der Waals surface area contributed by atoms with Gasteiger partial charge in [0, 0.05) is 31.5 Å². The van der Waals surface area contributed by atoms with Crippen LogP contribution in [0.3, 0.4) is 0 Å². The normalized spacial score (nSPS) is 10.9. The molecule has 1 N–H and O–H groups in total. The van der Waals surface area contributed by atoms with Gasteiger partial charge < -0.3 is 10.1 Å². The third-order valence-electron chi connectivity index (χ3n) is 3.80. The first-order chi connectivity index (χ1) is 10.1. The average Bonchev–Trinajstić information content (AvgIpc) is 2.48. The van der Waals surface area contributed by atoms with Crippen LogP contribution in [0.25, 0.3) is 11.3 Å². The number of aromatic nitrogens is 1. The van der Waals surface area contributed by atoms with Crippen LogP contribution in [-0.4, -0.2) is 25.2 Å². The summed E-state index contributed by atoms with van der Waals surface area (Å²) in [5.41, 5.74) is 7.15. The van der Waals surface area contributed by atoms with Crippen LogP contribution in [0.4, 0.5) is 0 Å². The number of rotatable bonds is 6. The Balaban J connectivity index is 2.12. The second-order valence-corrected chi connectivity index (χ2v) is 5.41. The summed E-state index contributed by atoms with van der Waals surface area (Å²) < 4.78 is 5.03. The van der Waals surface area contributed by atoms with E-state index >= 15 is 0 Å². The number of aryl methyl sites for hydroxylation is 3. The minimum absolute atomic E-state index is 0.729. The molecule has 2 aromatic rings. The van der Waals surface area contributed by atoms with Gasteiger partial charge in [-0.2, -0.15) is 0 Å². The molecule has 0 bridgehead atoms. The Bertz CT molecular complexity index is 608. The van der Waals surface area contributed by atoms with Gasteiger partial charge in [0.15, 0.2) is 0 Å². The van der Waals surface area contributed by atoms with E-state index in [1.54, 1.807) is 7.11 Å². The molecule has 0 aliphatic rings. The Morgan fingerprint density at radius 1 is 1.05 bits per heavy atom. The number of nitrogens with one attached hydrogen (secondary N) is 1. The molecule has 112 valence electrons. The van der Waals surface area contributed by atoms with Crippen LogP contribution in [0.15, 0.2) is 30.3 Å². The van der Waals surface area contributed by atoms with Gasteiger partial charge in [-0.25, -0.2) is 0 Å². The number of hydrogen-bond acceptors (Lipinski definition) is 3. The maximum atomic E-state index is 5.03. The molecular formula is C18H24N2O. The van der Waals surface area contributed by atoms with Crippen LogP contribution in [0.1, 0.15) is 22.4 Å². The Kier molecular flexibility index (Phi) is 5.48. The fourth-order valence-corrected chi connectivity index (χ4v) is 2.24. The van der Waals surface area contributed by atoms with Crippen LogP contribution in [0, 0.1) is 20.8 Å². The van der Waals surface area contributed by atoms with Crippen molar-refractivity contribution in [3.05, 3.63) is 52.7 Å². The molecule has 0 saturated carbocycles. The molecule has 1 heterocycles. The summed E-state index contributed by atoms with van der Waals surface area (Å²) in [6, 6.07) is 10.8. The second kappa shape index (κ2) is 7.34. The first-order valence-electron chi connectivity index (χ1n) is 7.35. The van der Waals surface area contributed by atoms with Gasteiger partial charge in [-0.05, 0) is 49.6 Å². The number of hydrogen-bond donors (Lipinski definition) is 1. The molecule has 0 atom stereocenters. The summed E-state index contributed by atoms with van der Waals surface area (Å²) in [4.78, 5) is 4.74. The van der Waals surface area contributed by atoms with E-state index in [2.05, 4.69) is 56.4 Å². The quantitative estimate of drug-likeness (QED) is 0.825. The molecule has 0 aliphatic heterocycles. The summed E-state index contributed by atoms with van der Waals surface area (Å²) >= 11 is 0. The van der Waals surface area contributed by atoms with Crippen molar-refractivity contribution in [2.24, 2.45) is 0 Å². The molecule has 0 radical (unpaired) electrons. The summed E-state index contributed by atoms with van der Waals surface area (Å²) in [6.07, 6.45) is 0. The van der Waals surface area contributed by atoms with Crippen molar-refractivity contribution in [2.75, 3.05) is 20.3 Å². The van der Waals surface area contributed by atoms with Gasteiger partial charge in [-0.3, -0.25) is 4.98 Å². The SMILES string of the molecule is COCCNCc1ccc(-c2ccc(C)c(C)c2)nc1C. The van der Waals surface area contributed by atoms with Crippen molar-refractivity contribution < 1.29 is 4.74 Å². The Morgan fingerprint density at radius 3 is 2.52 bits per heavy atom. The number of nitrogens with zero attached hydrogens (tertiary/aromatic N) is 1. The van der Waals surface area contributed by atoms with Crippen molar-refractivity contribution in [3.8, 4) is 11.3 Å². The molecule has 0 fully saturated rings. The maximum Gasteiger partial charge on any atom is 0.0705 e. The molecule has 3 heteroatoms. The monoisotopic (exact) mass is 284 g/mol. The fourth-order valence-electron chi connectivity index (χ4n) is 2.24. The Labute approximate surface area is 127 Å². The molecule has 1 aromatic heterocycles.